The van der Waals surface area contributed by atoms with Gasteiger partial charge in [0.25, 0.3) is 0 Å². The molecule has 2 aromatic rings. The van der Waals surface area contributed by atoms with E-state index in [2.05, 4.69) is 37.3 Å². The number of hydrogen-bond donors (Lipinski definition) is 0. The molecule has 0 N–H and O–H groups in total. The number of aromatic nitrogens is 2. The van der Waals surface area contributed by atoms with Crippen molar-refractivity contribution in [2.75, 3.05) is 0 Å². The molecular weight excluding hydrogens is 282 g/mol. The third kappa shape index (κ3) is 2.29. The summed E-state index contributed by atoms with van der Waals surface area (Å²) in [6.07, 6.45) is 3.37. The van der Waals surface area contributed by atoms with Crippen LogP contribution in [0.3, 0.4) is 0 Å². The summed E-state index contributed by atoms with van der Waals surface area (Å²) in [5, 5.41) is 1.09. The fraction of sp³-hybridized carbons (Fsp3) is 0. The average molecular weight is 288 g/mol. The number of para-hydroxylation sites is 1. The molecule has 1 aromatic carbocycles. The Bertz CT molecular complexity index is 299. The molecular formula is C8H6N2Se2. The summed E-state index contributed by atoms with van der Waals surface area (Å²) in [7, 11) is 0. The second-order valence-corrected chi connectivity index (χ2v) is 2.08. The Morgan fingerprint density at radius 1 is 1.08 bits per heavy atom. The minimum atomic E-state index is 0.998. The topological polar surface area (TPSA) is 25.8 Å². The van der Waals surface area contributed by atoms with E-state index >= 15 is 0 Å². The smallest absolute Gasteiger partial charge is 0.116 e. The van der Waals surface area contributed by atoms with Crippen molar-refractivity contribution in [1.82, 2.24) is 9.97 Å². The Morgan fingerprint density at radius 3 is 2.58 bits per heavy atom. The maximum Gasteiger partial charge on any atom is 0.116 e. The molecule has 2 nitrogen and oxygen atoms in total. The first kappa shape index (κ1) is 9.69. The summed E-state index contributed by atoms with van der Waals surface area (Å²) < 4.78 is 0. The number of fused-ring (bicyclic) bond motifs is 1. The predicted octanol–water partition coefficient (Wildman–Crippen LogP) is 0.868. The van der Waals surface area contributed by atoms with Gasteiger partial charge in [-0.1, -0.05) is 18.2 Å². The molecule has 0 aliphatic carbocycles. The molecule has 0 unspecified atom stereocenters. The van der Waals surface area contributed by atoms with E-state index in [1.807, 2.05) is 30.5 Å². The molecule has 0 spiro atoms. The summed E-state index contributed by atoms with van der Waals surface area (Å²) >= 11 is 5.00. The molecule has 0 saturated heterocycles. The first-order valence-corrected chi connectivity index (χ1v) is 7.61. The largest absolute Gasteiger partial charge is 0.244 e. The van der Waals surface area contributed by atoms with Gasteiger partial charge in [-0.3, -0.25) is 0 Å². The van der Waals surface area contributed by atoms with Gasteiger partial charge in [-0.15, -0.1) is 0 Å². The van der Waals surface area contributed by atoms with E-state index in [9.17, 15) is 0 Å². The average Bonchev–Trinajstić information content (AvgIpc) is 2.21. The molecule has 0 saturated carbocycles. The zero-order valence-corrected chi connectivity index (χ0v) is 9.60. The fourth-order valence-corrected chi connectivity index (χ4v) is 0.923. The Morgan fingerprint density at radius 2 is 1.83 bits per heavy atom. The zero-order chi connectivity index (χ0) is 8.81. The van der Waals surface area contributed by atoms with Crippen LogP contribution in [0.4, 0.5) is 0 Å². The van der Waals surface area contributed by atoms with E-state index in [1.54, 1.807) is 6.33 Å². The van der Waals surface area contributed by atoms with Crippen LogP contribution < -0.4 is 0 Å². The van der Waals surface area contributed by atoms with Crippen molar-refractivity contribution < 1.29 is 0 Å². The molecule has 4 heteroatoms. The third-order valence-corrected chi connectivity index (χ3v) is 1.41. The summed E-state index contributed by atoms with van der Waals surface area (Å²) in [6.45, 7) is 0. The molecule has 0 bridgehead atoms. The molecule has 1 aromatic heterocycles. The maximum atomic E-state index is 4.07. The van der Waals surface area contributed by atoms with Gasteiger partial charge < -0.3 is 0 Å². The third-order valence-electron chi connectivity index (χ3n) is 1.41. The molecule has 2 rings (SSSR count). The minimum absolute atomic E-state index is 0.998. The van der Waals surface area contributed by atoms with Gasteiger partial charge in [0.15, 0.2) is 0 Å². The predicted molar refractivity (Wildman–Crippen MR) is 51.0 cm³/mol. The van der Waals surface area contributed by atoms with Crippen LogP contribution in [0, 0.1) is 0 Å². The van der Waals surface area contributed by atoms with Crippen LogP contribution in [0.5, 0.6) is 0 Å². The molecule has 60 valence electrons. The van der Waals surface area contributed by atoms with Crippen LogP contribution in [-0.4, -0.2) is 37.3 Å². The molecule has 0 amide bonds. The number of rotatable bonds is 0. The zero-order valence-electron chi connectivity index (χ0n) is 6.18. The first-order valence-electron chi connectivity index (χ1n) is 3.28. The van der Waals surface area contributed by atoms with Gasteiger partial charge in [-0.2, -0.15) is 0 Å². The minimum Gasteiger partial charge on any atom is -0.244 e. The van der Waals surface area contributed by atoms with Gasteiger partial charge in [0.05, 0.1) is 5.52 Å². The molecule has 0 fully saturated rings. The Balaban J connectivity index is 0.000000336. The normalized spacial score (nSPS) is 8.67. The molecule has 12 heavy (non-hydrogen) atoms. The van der Waals surface area contributed by atoms with Crippen LogP contribution >= 0.6 is 0 Å². The monoisotopic (exact) mass is 290 g/mol. The van der Waals surface area contributed by atoms with Gasteiger partial charge in [0.1, 0.15) is 6.33 Å². The van der Waals surface area contributed by atoms with Gasteiger partial charge in [-0.25, -0.2) is 9.97 Å². The second-order valence-electron chi connectivity index (χ2n) is 2.08. The van der Waals surface area contributed by atoms with Crippen LogP contribution in [0.15, 0.2) is 36.8 Å². The van der Waals surface area contributed by atoms with E-state index in [0.717, 1.165) is 10.9 Å². The van der Waals surface area contributed by atoms with Gasteiger partial charge >= 0.3 is 27.3 Å². The Kier molecular flexibility index (Phi) is 4.26. The van der Waals surface area contributed by atoms with Crippen LogP contribution in [0.2, 0.25) is 0 Å². The molecule has 0 radical (unpaired) electrons. The standard InChI is InChI=1S/C8H6N2.Se2/c1-2-4-8-7(3-1)5-9-6-10-8;1-2/h1-6H;. The van der Waals surface area contributed by atoms with Gasteiger partial charge in [-0.05, 0) is 6.07 Å². The fourth-order valence-electron chi connectivity index (χ4n) is 0.923. The maximum absolute atomic E-state index is 4.07. The van der Waals surface area contributed by atoms with Crippen molar-refractivity contribution in [1.29, 1.82) is 0 Å². The van der Waals surface area contributed by atoms with E-state index in [4.69, 9.17) is 0 Å². The van der Waals surface area contributed by atoms with Crippen LogP contribution in [0.1, 0.15) is 0 Å². The van der Waals surface area contributed by atoms with Crippen molar-refractivity contribution in [3.05, 3.63) is 36.8 Å². The number of hydrogen-bond acceptors (Lipinski definition) is 2. The number of benzene rings is 1. The molecule has 0 atom stereocenters. The van der Waals surface area contributed by atoms with Crippen molar-refractivity contribution in [2.24, 2.45) is 0 Å². The van der Waals surface area contributed by atoms with Crippen molar-refractivity contribution in [3.63, 3.8) is 0 Å². The Labute approximate surface area is 84.9 Å². The summed E-state index contributed by atoms with van der Waals surface area (Å²) in [5.41, 5.74) is 0.998. The van der Waals surface area contributed by atoms with E-state index in [0.29, 0.717) is 0 Å². The van der Waals surface area contributed by atoms with Crippen molar-refractivity contribution in [3.8, 4) is 0 Å². The van der Waals surface area contributed by atoms with E-state index in [1.165, 1.54) is 0 Å². The number of nitrogens with zero attached hydrogens (tertiary/aromatic N) is 2. The summed E-state index contributed by atoms with van der Waals surface area (Å²) in [6, 6.07) is 7.91. The summed E-state index contributed by atoms with van der Waals surface area (Å²) in [4.78, 5) is 7.97. The van der Waals surface area contributed by atoms with Crippen LogP contribution in [-0.2, 0) is 0 Å². The quantitative estimate of drug-likeness (QED) is 0.672. The molecule has 0 aliphatic heterocycles. The molecule has 0 aliphatic rings. The van der Waals surface area contributed by atoms with Crippen LogP contribution in [0.25, 0.3) is 10.9 Å². The van der Waals surface area contributed by atoms with Crippen molar-refractivity contribution in [2.45, 2.75) is 0 Å². The molecule has 1 heterocycles. The van der Waals surface area contributed by atoms with Gasteiger partial charge in [0.2, 0.25) is 0 Å². The summed E-state index contributed by atoms with van der Waals surface area (Å²) in [5.74, 6) is 0. The first-order chi connectivity index (χ1) is 5.97. The van der Waals surface area contributed by atoms with E-state index in [-0.39, 0.29) is 0 Å². The van der Waals surface area contributed by atoms with Gasteiger partial charge in [0, 0.05) is 11.6 Å². The van der Waals surface area contributed by atoms with E-state index < -0.39 is 0 Å². The second kappa shape index (κ2) is 5.28. The SMILES string of the molecule is [Se]=[Se].c1ccc2ncncc2c1. The van der Waals surface area contributed by atoms with Crippen molar-refractivity contribution >= 4 is 38.2 Å². The Hall–Kier alpha value is -0.401.